The lowest BCUT2D eigenvalue weighted by Crippen LogP contribution is -2.23. The molecule has 1 rings (SSSR count). The van der Waals surface area contributed by atoms with Crippen molar-refractivity contribution in [3.63, 3.8) is 0 Å². The van der Waals surface area contributed by atoms with E-state index < -0.39 is 17.9 Å². The number of carbonyl (C=O) groups is 2. The number of hydrogen-bond donors (Lipinski definition) is 2. The van der Waals surface area contributed by atoms with Crippen molar-refractivity contribution >= 4 is 27.9 Å². The molecule has 1 heterocycles. The zero-order chi connectivity index (χ0) is 10.7. The molecule has 0 atom stereocenters. The minimum Gasteiger partial charge on any atom is -0.480 e. The molecule has 0 saturated carbocycles. The van der Waals surface area contributed by atoms with Gasteiger partial charge in [-0.1, -0.05) is 0 Å². The van der Waals surface area contributed by atoms with Crippen LogP contribution in [0, 0.1) is 0 Å². The average molecular weight is 261 g/mol. The first-order valence-electron chi connectivity index (χ1n) is 3.45. The molecule has 0 amide bonds. The summed E-state index contributed by atoms with van der Waals surface area (Å²) in [6, 6.07) is 0. The quantitative estimate of drug-likeness (QED) is 0.768. The molecule has 7 heteroatoms. The number of hydrogen-bond acceptors (Lipinski definition) is 4. The Morgan fingerprint density at radius 3 is 2.00 bits per heavy atom. The van der Waals surface area contributed by atoms with Gasteiger partial charge in [-0.05, 0) is 15.9 Å². The van der Waals surface area contributed by atoms with Crippen molar-refractivity contribution < 1.29 is 19.8 Å². The van der Waals surface area contributed by atoms with Gasteiger partial charge < -0.3 is 10.2 Å². The van der Waals surface area contributed by atoms with Crippen molar-refractivity contribution in [2.75, 3.05) is 0 Å². The Balaban J connectivity index is 3.06. The van der Waals surface area contributed by atoms with Gasteiger partial charge in [-0.15, -0.1) is 0 Å². The SMILES string of the molecule is O=C(O)C(C(=O)O)c1ncc(Br)cn1. The monoisotopic (exact) mass is 260 g/mol. The molecular formula is C7H5BrN2O4. The van der Waals surface area contributed by atoms with Gasteiger partial charge in [0.15, 0.2) is 5.82 Å². The molecule has 2 N–H and O–H groups in total. The Labute approximate surface area is 86.7 Å². The number of rotatable bonds is 3. The van der Waals surface area contributed by atoms with E-state index in [-0.39, 0.29) is 5.82 Å². The Morgan fingerprint density at radius 1 is 1.21 bits per heavy atom. The van der Waals surface area contributed by atoms with E-state index in [1.54, 1.807) is 0 Å². The highest BCUT2D eigenvalue weighted by atomic mass is 79.9. The molecule has 0 fully saturated rings. The van der Waals surface area contributed by atoms with E-state index in [4.69, 9.17) is 10.2 Å². The van der Waals surface area contributed by atoms with E-state index in [9.17, 15) is 9.59 Å². The van der Waals surface area contributed by atoms with E-state index in [2.05, 4.69) is 25.9 Å². The van der Waals surface area contributed by atoms with E-state index in [1.807, 2.05) is 0 Å². The van der Waals surface area contributed by atoms with Crippen molar-refractivity contribution in [2.24, 2.45) is 0 Å². The van der Waals surface area contributed by atoms with Crippen LogP contribution in [0.15, 0.2) is 16.9 Å². The van der Waals surface area contributed by atoms with Crippen molar-refractivity contribution in [3.05, 3.63) is 22.7 Å². The van der Waals surface area contributed by atoms with Gasteiger partial charge in [-0.2, -0.15) is 0 Å². The number of carboxylic acid groups (broad SMARTS) is 2. The van der Waals surface area contributed by atoms with Crippen LogP contribution in [-0.2, 0) is 9.59 Å². The van der Waals surface area contributed by atoms with Crippen LogP contribution in [0.4, 0.5) is 0 Å². The molecule has 14 heavy (non-hydrogen) atoms. The molecule has 0 aromatic carbocycles. The highest BCUT2D eigenvalue weighted by Gasteiger charge is 2.30. The van der Waals surface area contributed by atoms with Gasteiger partial charge in [0.1, 0.15) is 0 Å². The second kappa shape index (κ2) is 4.14. The average Bonchev–Trinajstić information content (AvgIpc) is 2.07. The number of halogens is 1. The van der Waals surface area contributed by atoms with Crippen LogP contribution < -0.4 is 0 Å². The first-order chi connectivity index (χ1) is 6.52. The van der Waals surface area contributed by atoms with Gasteiger partial charge >= 0.3 is 11.9 Å². The lowest BCUT2D eigenvalue weighted by Gasteiger charge is -2.04. The van der Waals surface area contributed by atoms with Crippen molar-refractivity contribution in [1.82, 2.24) is 9.97 Å². The summed E-state index contributed by atoms with van der Waals surface area (Å²) in [7, 11) is 0. The Hall–Kier alpha value is -1.50. The first kappa shape index (κ1) is 10.6. The topological polar surface area (TPSA) is 100 Å². The Bertz CT molecular complexity index is 350. The molecule has 1 aromatic rings. The van der Waals surface area contributed by atoms with Crippen molar-refractivity contribution in [1.29, 1.82) is 0 Å². The maximum absolute atomic E-state index is 10.6. The van der Waals surface area contributed by atoms with Gasteiger partial charge in [0.25, 0.3) is 0 Å². The van der Waals surface area contributed by atoms with Gasteiger partial charge in [0, 0.05) is 12.4 Å². The minimum absolute atomic E-state index is 0.242. The van der Waals surface area contributed by atoms with Crippen molar-refractivity contribution in [2.45, 2.75) is 5.92 Å². The summed E-state index contributed by atoms with van der Waals surface area (Å²) in [5.41, 5.74) is 0. The van der Waals surface area contributed by atoms with Gasteiger partial charge in [0.05, 0.1) is 4.47 Å². The third kappa shape index (κ3) is 2.25. The molecule has 0 aliphatic rings. The van der Waals surface area contributed by atoms with Crippen molar-refractivity contribution in [3.8, 4) is 0 Å². The fourth-order valence-corrected chi connectivity index (χ4v) is 1.00. The Kier molecular flexibility index (Phi) is 3.13. The second-order valence-corrected chi connectivity index (χ2v) is 3.28. The summed E-state index contributed by atoms with van der Waals surface area (Å²) in [6.45, 7) is 0. The van der Waals surface area contributed by atoms with Crippen LogP contribution in [0.2, 0.25) is 0 Å². The summed E-state index contributed by atoms with van der Waals surface area (Å²) < 4.78 is 0.552. The largest absolute Gasteiger partial charge is 0.480 e. The predicted molar refractivity (Wildman–Crippen MR) is 47.7 cm³/mol. The van der Waals surface area contributed by atoms with Crippen LogP contribution in [-0.4, -0.2) is 32.1 Å². The second-order valence-electron chi connectivity index (χ2n) is 2.37. The van der Waals surface area contributed by atoms with E-state index in [0.29, 0.717) is 4.47 Å². The zero-order valence-electron chi connectivity index (χ0n) is 6.72. The van der Waals surface area contributed by atoms with E-state index in [0.717, 1.165) is 0 Å². The smallest absolute Gasteiger partial charge is 0.325 e. The van der Waals surface area contributed by atoms with Crippen LogP contribution in [0.5, 0.6) is 0 Å². The third-order valence-electron chi connectivity index (χ3n) is 1.39. The standard InChI is InChI=1S/C7H5BrN2O4/c8-3-1-9-5(10-2-3)4(6(11)12)7(13)14/h1-2,4H,(H,11,12)(H,13,14). The van der Waals surface area contributed by atoms with Crippen LogP contribution in [0.1, 0.15) is 11.7 Å². The molecule has 0 saturated heterocycles. The van der Waals surface area contributed by atoms with Crippen LogP contribution in [0.3, 0.4) is 0 Å². The molecule has 0 spiro atoms. The first-order valence-corrected chi connectivity index (χ1v) is 4.24. The fourth-order valence-electron chi connectivity index (χ4n) is 0.798. The lowest BCUT2D eigenvalue weighted by atomic mass is 10.1. The fraction of sp³-hybridized carbons (Fsp3) is 0.143. The maximum atomic E-state index is 10.6. The van der Waals surface area contributed by atoms with Crippen LogP contribution in [0.25, 0.3) is 0 Å². The van der Waals surface area contributed by atoms with Gasteiger partial charge in [0.2, 0.25) is 5.92 Å². The molecule has 0 radical (unpaired) electrons. The third-order valence-corrected chi connectivity index (χ3v) is 1.80. The number of aliphatic carboxylic acids is 2. The maximum Gasteiger partial charge on any atom is 0.325 e. The van der Waals surface area contributed by atoms with Gasteiger partial charge in [-0.3, -0.25) is 9.59 Å². The lowest BCUT2D eigenvalue weighted by molar-refractivity contribution is -0.150. The summed E-state index contributed by atoms with van der Waals surface area (Å²) in [6.07, 6.45) is 2.59. The number of carboxylic acids is 2. The molecule has 6 nitrogen and oxygen atoms in total. The normalized spacial score (nSPS) is 10.1. The molecular weight excluding hydrogens is 256 g/mol. The number of aromatic nitrogens is 2. The summed E-state index contributed by atoms with van der Waals surface area (Å²) in [5, 5.41) is 17.2. The molecule has 74 valence electrons. The zero-order valence-corrected chi connectivity index (χ0v) is 8.30. The summed E-state index contributed by atoms with van der Waals surface area (Å²) in [5.74, 6) is -4.93. The highest BCUT2D eigenvalue weighted by molar-refractivity contribution is 9.10. The predicted octanol–water partition coefficient (Wildman–Crippen LogP) is 0.492. The van der Waals surface area contributed by atoms with Gasteiger partial charge in [-0.25, -0.2) is 9.97 Å². The molecule has 0 aliphatic heterocycles. The number of nitrogens with zero attached hydrogens (tertiary/aromatic N) is 2. The molecule has 0 unspecified atom stereocenters. The summed E-state index contributed by atoms with van der Waals surface area (Å²) >= 11 is 3.05. The minimum atomic E-state index is -1.72. The highest BCUT2D eigenvalue weighted by Crippen LogP contribution is 2.13. The van der Waals surface area contributed by atoms with E-state index >= 15 is 0 Å². The summed E-state index contributed by atoms with van der Waals surface area (Å²) in [4.78, 5) is 28.3. The molecule has 0 bridgehead atoms. The molecule has 0 aliphatic carbocycles. The Morgan fingerprint density at radius 2 is 1.64 bits per heavy atom. The van der Waals surface area contributed by atoms with E-state index in [1.165, 1.54) is 12.4 Å². The van der Waals surface area contributed by atoms with Crippen LogP contribution >= 0.6 is 15.9 Å². The molecule has 1 aromatic heterocycles.